The number of carbonyl (C=O) groups excluding carboxylic acids is 2. The molecule has 0 aromatic carbocycles. The van der Waals surface area contributed by atoms with E-state index in [1.54, 1.807) is 0 Å². The first-order chi connectivity index (χ1) is 32.8. The molecule has 0 radical (unpaired) electrons. The predicted molar refractivity (Wildman–Crippen MR) is 275 cm³/mol. The third-order valence-corrected chi connectivity index (χ3v) is 13.3. The van der Waals surface area contributed by atoms with Crippen LogP contribution in [0.4, 0.5) is 0 Å². The topological polar surface area (TPSA) is 152 Å². The first-order valence-electron chi connectivity index (χ1n) is 28.4. The van der Waals surface area contributed by atoms with Gasteiger partial charge in [-0.3, -0.25) is 9.59 Å². The zero-order chi connectivity index (χ0) is 48.7. The Labute approximate surface area is 411 Å². The van der Waals surface area contributed by atoms with E-state index in [2.05, 4.69) is 38.2 Å². The predicted octanol–water partition coefficient (Wildman–Crippen LogP) is 14.0. The van der Waals surface area contributed by atoms with Crippen molar-refractivity contribution in [3.8, 4) is 0 Å². The molecule has 1 fully saturated rings. The zero-order valence-electron chi connectivity index (χ0n) is 43.4. The average molecular weight is 951 g/mol. The Bertz CT molecular complexity index is 1140. The standard InChI is InChI=1S/C57H106O10/c1-3-5-7-9-11-13-15-17-19-21-23-24-25-26-28-29-31-33-35-37-39-41-43-45-52(59)64-48-50(49-65-57-56(63)55(62)54(61)51(47-58)67-57)66-53(60)46-44-42-40-38-36-34-32-30-27-22-20-18-16-14-12-10-8-6-4-2/h18,20,37,39,50-51,54-58,61-63H,3-17,19,21-36,38,40-49H2,1-2H3/b20-18+,39-37+/t50-,51-,54+,55?,56?,57-/m0/s1. The van der Waals surface area contributed by atoms with Gasteiger partial charge in [0.2, 0.25) is 0 Å². The lowest BCUT2D eigenvalue weighted by molar-refractivity contribution is -0.305. The van der Waals surface area contributed by atoms with Crippen LogP contribution in [0.15, 0.2) is 24.3 Å². The van der Waals surface area contributed by atoms with Gasteiger partial charge in [-0.2, -0.15) is 0 Å². The van der Waals surface area contributed by atoms with Crippen LogP contribution in [-0.4, -0.2) is 89.0 Å². The van der Waals surface area contributed by atoms with E-state index in [9.17, 15) is 30.0 Å². The van der Waals surface area contributed by atoms with Gasteiger partial charge in [-0.25, -0.2) is 0 Å². The fourth-order valence-corrected chi connectivity index (χ4v) is 8.84. The summed E-state index contributed by atoms with van der Waals surface area (Å²) in [6, 6.07) is 0. The summed E-state index contributed by atoms with van der Waals surface area (Å²) in [6.45, 7) is 3.44. The molecule has 0 saturated carbocycles. The van der Waals surface area contributed by atoms with Crippen molar-refractivity contribution in [2.24, 2.45) is 0 Å². The maximum absolute atomic E-state index is 12.9. The molecule has 2 unspecified atom stereocenters. The molecule has 67 heavy (non-hydrogen) atoms. The van der Waals surface area contributed by atoms with E-state index in [1.807, 2.05) is 0 Å². The smallest absolute Gasteiger partial charge is 0.306 e. The van der Waals surface area contributed by atoms with Gasteiger partial charge >= 0.3 is 11.9 Å². The van der Waals surface area contributed by atoms with Gasteiger partial charge in [0.25, 0.3) is 0 Å². The van der Waals surface area contributed by atoms with Crippen LogP contribution in [-0.2, 0) is 28.5 Å². The van der Waals surface area contributed by atoms with Gasteiger partial charge in [0.15, 0.2) is 12.4 Å². The monoisotopic (exact) mass is 951 g/mol. The largest absolute Gasteiger partial charge is 0.462 e. The molecule has 1 rings (SSSR count). The molecule has 4 N–H and O–H groups in total. The molecule has 1 aliphatic heterocycles. The van der Waals surface area contributed by atoms with Crippen LogP contribution in [0.1, 0.15) is 271 Å². The van der Waals surface area contributed by atoms with E-state index in [4.69, 9.17) is 18.9 Å². The van der Waals surface area contributed by atoms with Crippen LogP contribution < -0.4 is 0 Å². The van der Waals surface area contributed by atoms with Crippen LogP contribution in [0, 0.1) is 0 Å². The van der Waals surface area contributed by atoms with Crippen LogP contribution in [0.25, 0.3) is 0 Å². The van der Waals surface area contributed by atoms with Gasteiger partial charge in [0, 0.05) is 12.8 Å². The number of unbranched alkanes of at least 4 members (excludes halogenated alkanes) is 34. The summed E-state index contributed by atoms with van der Waals surface area (Å²) in [7, 11) is 0. The van der Waals surface area contributed by atoms with Gasteiger partial charge in [-0.1, -0.05) is 224 Å². The second-order valence-corrected chi connectivity index (χ2v) is 19.7. The molecule has 0 aliphatic carbocycles. The van der Waals surface area contributed by atoms with E-state index in [-0.39, 0.29) is 26.1 Å². The number of aliphatic hydroxyl groups excluding tert-OH is 4. The molecule has 6 atom stereocenters. The third-order valence-electron chi connectivity index (χ3n) is 13.3. The van der Waals surface area contributed by atoms with E-state index < -0.39 is 55.4 Å². The minimum Gasteiger partial charge on any atom is -0.462 e. The van der Waals surface area contributed by atoms with E-state index in [0.717, 1.165) is 32.1 Å². The first-order valence-corrected chi connectivity index (χ1v) is 28.4. The van der Waals surface area contributed by atoms with Gasteiger partial charge in [-0.15, -0.1) is 0 Å². The van der Waals surface area contributed by atoms with E-state index in [1.165, 1.54) is 199 Å². The minimum atomic E-state index is -1.60. The first kappa shape index (κ1) is 63.2. The van der Waals surface area contributed by atoms with Crippen LogP contribution in [0.2, 0.25) is 0 Å². The van der Waals surface area contributed by atoms with Crippen molar-refractivity contribution >= 4 is 11.9 Å². The number of ether oxygens (including phenoxy) is 4. The van der Waals surface area contributed by atoms with Crippen molar-refractivity contribution in [2.75, 3.05) is 19.8 Å². The van der Waals surface area contributed by atoms with Gasteiger partial charge in [0.05, 0.1) is 13.2 Å². The molecule has 394 valence electrons. The quantitative estimate of drug-likeness (QED) is 0.0263. The van der Waals surface area contributed by atoms with Crippen molar-refractivity contribution in [3.05, 3.63) is 24.3 Å². The number of hydrogen-bond donors (Lipinski definition) is 4. The lowest BCUT2D eigenvalue weighted by Gasteiger charge is -2.39. The Balaban J connectivity index is 2.22. The Hall–Kier alpha value is -1.82. The number of carbonyl (C=O) groups is 2. The summed E-state index contributed by atoms with van der Waals surface area (Å²) >= 11 is 0. The van der Waals surface area contributed by atoms with Gasteiger partial charge < -0.3 is 39.4 Å². The summed E-state index contributed by atoms with van der Waals surface area (Å²) in [6.07, 6.45) is 49.2. The number of hydrogen-bond acceptors (Lipinski definition) is 10. The Kier molecular flexibility index (Phi) is 45.1. The molecule has 1 aliphatic rings. The normalized spacial score (nSPS) is 19.2. The fraction of sp³-hybridized carbons (Fsp3) is 0.895. The molecular formula is C57H106O10. The highest BCUT2D eigenvalue weighted by molar-refractivity contribution is 5.70. The number of esters is 2. The van der Waals surface area contributed by atoms with Gasteiger partial charge in [0.1, 0.15) is 31.0 Å². The molecule has 1 heterocycles. The minimum absolute atomic E-state index is 0.225. The highest BCUT2D eigenvalue weighted by Gasteiger charge is 2.44. The summed E-state index contributed by atoms with van der Waals surface area (Å²) in [5.74, 6) is -0.833. The molecule has 10 nitrogen and oxygen atoms in total. The lowest BCUT2D eigenvalue weighted by atomic mass is 9.99. The fourth-order valence-electron chi connectivity index (χ4n) is 8.84. The van der Waals surface area contributed by atoms with E-state index >= 15 is 0 Å². The SMILES string of the molecule is CCCCCCCC/C=C/CCCCCCCCCCCC(=O)O[C@@H](COC(=O)CCC/C=C/CCCCCCCCCCCCCCCCCCCC)CO[C@H]1O[C@@H](CO)[C@@H](O)C(O)C1O. The summed E-state index contributed by atoms with van der Waals surface area (Å²) in [5.41, 5.74) is 0. The highest BCUT2D eigenvalue weighted by Crippen LogP contribution is 2.23. The molecule has 1 saturated heterocycles. The van der Waals surface area contributed by atoms with Gasteiger partial charge in [-0.05, 0) is 57.8 Å². The molecule has 10 heteroatoms. The Morgan fingerprint density at radius 3 is 1.21 bits per heavy atom. The maximum Gasteiger partial charge on any atom is 0.306 e. The Morgan fingerprint density at radius 1 is 0.448 bits per heavy atom. The number of rotatable bonds is 49. The van der Waals surface area contributed by atoms with Crippen molar-refractivity contribution in [1.29, 1.82) is 0 Å². The van der Waals surface area contributed by atoms with Crippen molar-refractivity contribution in [3.63, 3.8) is 0 Å². The number of aliphatic hydroxyl groups is 4. The van der Waals surface area contributed by atoms with Crippen LogP contribution >= 0.6 is 0 Å². The van der Waals surface area contributed by atoms with Crippen LogP contribution in [0.3, 0.4) is 0 Å². The second kappa shape index (κ2) is 47.8. The molecule has 0 bridgehead atoms. The molecule has 0 aromatic rings. The zero-order valence-corrected chi connectivity index (χ0v) is 43.4. The van der Waals surface area contributed by atoms with Crippen LogP contribution in [0.5, 0.6) is 0 Å². The molecule has 0 amide bonds. The van der Waals surface area contributed by atoms with Crippen molar-refractivity contribution in [2.45, 2.75) is 307 Å². The third kappa shape index (κ3) is 38.6. The van der Waals surface area contributed by atoms with Crippen molar-refractivity contribution < 1.29 is 49.0 Å². The Morgan fingerprint density at radius 2 is 0.806 bits per heavy atom. The summed E-state index contributed by atoms with van der Waals surface area (Å²) in [4.78, 5) is 25.5. The van der Waals surface area contributed by atoms with Crippen molar-refractivity contribution in [1.82, 2.24) is 0 Å². The maximum atomic E-state index is 12.9. The molecular weight excluding hydrogens is 845 g/mol. The molecule has 0 aromatic heterocycles. The lowest BCUT2D eigenvalue weighted by Crippen LogP contribution is -2.59. The highest BCUT2D eigenvalue weighted by atomic mass is 16.7. The summed E-state index contributed by atoms with van der Waals surface area (Å²) < 4.78 is 22.3. The van der Waals surface area contributed by atoms with E-state index in [0.29, 0.717) is 12.8 Å². The second-order valence-electron chi connectivity index (χ2n) is 19.7. The number of allylic oxidation sites excluding steroid dienone is 4. The summed E-state index contributed by atoms with van der Waals surface area (Å²) in [5, 5.41) is 40.3. The average Bonchev–Trinajstić information content (AvgIpc) is 3.33. The molecule has 0 spiro atoms.